The van der Waals surface area contributed by atoms with Crippen molar-refractivity contribution in [2.24, 2.45) is 0 Å². The molecule has 0 radical (unpaired) electrons. The maximum absolute atomic E-state index is 11.2. The van der Waals surface area contributed by atoms with Crippen molar-refractivity contribution in [3.63, 3.8) is 0 Å². The number of nitrogens with zero attached hydrogens (tertiary/aromatic N) is 3. The van der Waals surface area contributed by atoms with Gasteiger partial charge in [0.05, 0.1) is 12.0 Å². The van der Waals surface area contributed by atoms with Crippen LogP contribution >= 0.6 is 0 Å². The molecule has 11 nitrogen and oxygen atoms in total. The zero-order valence-corrected chi connectivity index (χ0v) is 17.3. The molecule has 2 unspecified atom stereocenters. The van der Waals surface area contributed by atoms with Gasteiger partial charge in [-0.1, -0.05) is 25.8 Å². The number of carbonyl (C=O) groups is 1. The van der Waals surface area contributed by atoms with E-state index in [1.165, 1.54) is 19.3 Å². The molecule has 0 saturated carbocycles. The minimum absolute atomic E-state index is 0.113. The van der Waals surface area contributed by atoms with Crippen molar-refractivity contribution in [1.29, 1.82) is 0 Å². The van der Waals surface area contributed by atoms with E-state index in [1.54, 1.807) is 0 Å². The Bertz CT molecular complexity index is 673. The van der Waals surface area contributed by atoms with Crippen LogP contribution in [-0.4, -0.2) is 39.9 Å². The first-order valence-electron chi connectivity index (χ1n) is 9.77. The van der Waals surface area contributed by atoms with Gasteiger partial charge in [-0.25, -0.2) is 0 Å². The Morgan fingerprint density at radius 1 is 0.933 bits per heavy atom. The number of esters is 1. The normalized spacial score (nSPS) is 14.0. The Balaban J connectivity index is 5.03. The molecule has 0 aromatic heterocycles. The predicted molar refractivity (Wildman–Crippen MR) is 110 cm³/mol. The van der Waals surface area contributed by atoms with Crippen LogP contribution in [0.2, 0.25) is 0 Å². The molecular formula is C19H29N3O8. The molecule has 0 aliphatic heterocycles. The number of hydrogen-bond donors (Lipinski definition) is 0. The monoisotopic (exact) mass is 427 g/mol. The third-order valence-corrected chi connectivity index (χ3v) is 4.30. The summed E-state index contributed by atoms with van der Waals surface area (Å²) < 4.78 is 4.49. The van der Waals surface area contributed by atoms with E-state index in [-0.39, 0.29) is 12.8 Å². The molecule has 11 heteroatoms. The van der Waals surface area contributed by atoms with Gasteiger partial charge < -0.3 is 4.74 Å². The van der Waals surface area contributed by atoms with Crippen molar-refractivity contribution in [2.75, 3.05) is 7.11 Å². The molecule has 0 amide bonds. The van der Waals surface area contributed by atoms with Crippen molar-refractivity contribution >= 4 is 5.97 Å². The average Bonchev–Trinajstić information content (AvgIpc) is 2.69. The summed E-state index contributed by atoms with van der Waals surface area (Å²) >= 11 is 0. The molecule has 0 N–H and O–H groups in total. The highest BCUT2D eigenvalue weighted by Gasteiger charge is 2.18. The number of nitro groups is 3. The quantitative estimate of drug-likeness (QED) is 0.118. The molecule has 0 saturated heterocycles. The maximum Gasteiger partial charge on any atom is 0.305 e. The Hall–Kier alpha value is -3.11. The molecule has 0 aromatic carbocycles. The highest BCUT2D eigenvalue weighted by atomic mass is 16.6. The van der Waals surface area contributed by atoms with Gasteiger partial charge in [0.15, 0.2) is 0 Å². The second-order valence-electron chi connectivity index (χ2n) is 6.62. The lowest BCUT2D eigenvalue weighted by atomic mass is 10.1. The Labute approximate surface area is 174 Å². The number of ether oxygens (including phenoxy) is 1. The molecule has 0 fully saturated rings. The third-order valence-electron chi connectivity index (χ3n) is 4.30. The summed E-state index contributed by atoms with van der Waals surface area (Å²) in [7, 11) is 1.25. The summed E-state index contributed by atoms with van der Waals surface area (Å²) in [6.45, 7) is 1.98. The van der Waals surface area contributed by atoms with Crippen molar-refractivity contribution < 1.29 is 24.3 Å². The van der Waals surface area contributed by atoms with Gasteiger partial charge in [0.2, 0.25) is 12.1 Å². The SMILES string of the molecule is CCCCCC(/C=C/C=C(\C=C\C(CCCCC(=O)OC)[N+](=O)[O-])[N+](=O)[O-])[N+](=O)[O-]. The topological polar surface area (TPSA) is 156 Å². The number of carbonyl (C=O) groups excluding carboxylic acids is 1. The van der Waals surface area contributed by atoms with E-state index in [2.05, 4.69) is 4.74 Å². The molecule has 0 aliphatic carbocycles. The van der Waals surface area contributed by atoms with E-state index < -0.39 is 38.5 Å². The third kappa shape index (κ3) is 12.4. The lowest BCUT2D eigenvalue weighted by Gasteiger charge is -2.04. The second kappa shape index (κ2) is 15.8. The van der Waals surface area contributed by atoms with Gasteiger partial charge in [-0.05, 0) is 31.4 Å². The van der Waals surface area contributed by atoms with E-state index in [1.807, 2.05) is 6.92 Å². The number of methoxy groups -OCH3 is 1. The van der Waals surface area contributed by atoms with Crippen molar-refractivity contribution in [3.8, 4) is 0 Å². The van der Waals surface area contributed by atoms with E-state index in [0.29, 0.717) is 25.7 Å². The van der Waals surface area contributed by atoms with E-state index in [4.69, 9.17) is 0 Å². The van der Waals surface area contributed by atoms with Gasteiger partial charge in [0.1, 0.15) is 0 Å². The summed E-state index contributed by atoms with van der Waals surface area (Å²) in [5, 5.41) is 33.4. The fourth-order valence-electron chi connectivity index (χ4n) is 2.54. The Kier molecular flexibility index (Phi) is 14.1. The summed E-state index contributed by atoms with van der Waals surface area (Å²) in [6.07, 6.45) is 9.59. The lowest BCUT2D eigenvalue weighted by molar-refractivity contribution is -0.510. The fourth-order valence-corrected chi connectivity index (χ4v) is 2.54. The van der Waals surface area contributed by atoms with E-state index >= 15 is 0 Å². The highest BCUT2D eigenvalue weighted by molar-refractivity contribution is 5.68. The molecule has 0 aliphatic rings. The van der Waals surface area contributed by atoms with Crippen LogP contribution < -0.4 is 0 Å². The van der Waals surface area contributed by atoms with Crippen molar-refractivity contribution in [1.82, 2.24) is 0 Å². The first kappa shape index (κ1) is 26.9. The Morgan fingerprint density at radius 2 is 1.50 bits per heavy atom. The summed E-state index contributed by atoms with van der Waals surface area (Å²) in [4.78, 5) is 42.7. The number of allylic oxidation sites excluding steroid dienone is 3. The van der Waals surface area contributed by atoms with Gasteiger partial charge >= 0.3 is 5.97 Å². The highest BCUT2D eigenvalue weighted by Crippen LogP contribution is 2.11. The average molecular weight is 427 g/mol. The molecule has 30 heavy (non-hydrogen) atoms. The second-order valence-corrected chi connectivity index (χ2v) is 6.62. The number of hydrogen-bond acceptors (Lipinski definition) is 8. The first-order chi connectivity index (χ1) is 14.2. The van der Waals surface area contributed by atoms with Crippen LogP contribution in [0.4, 0.5) is 0 Å². The maximum atomic E-state index is 11.2. The molecule has 0 aromatic rings. The van der Waals surface area contributed by atoms with Crippen LogP contribution in [0.1, 0.15) is 58.3 Å². The molecule has 168 valence electrons. The summed E-state index contributed by atoms with van der Waals surface area (Å²) in [6, 6.07) is -2.08. The Morgan fingerprint density at radius 3 is 2.00 bits per heavy atom. The van der Waals surface area contributed by atoms with Crippen LogP contribution in [0.25, 0.3) is 0 Å². The van der Waals surface area contributed by atoms with Crippen LogP contribution in [-0.2, 0) is 9.53 Å². The van der Waals surface area contributed by atoms with E-state index in [0.717, 1.165) is 31.1 Å². The minimum Gasteiger partial charge on any atom is -0.469 e. The molecule has 0 bridgehead atoms. The fraction of sp³-hybridized carbons (Fsp3) is 0.632. The van der Waals surface area contributed by atoms with Gasteiger partial charge in [0, 0.05) is 41.3 Å². The smallest absolute Gasteiger partial charge is 0.305 e. The molecule has 0 spiro atoms. The van der Waals surface area contributed by atoms with Crippen molar-refractivity contribution in [2.45, 2.75) is 70.4 Å². The number of unbranched alkanes of at least 4 members (excludes halogenated alkanes) is 3. The summed E-state index contributed by atoms with van der Waals surface area (Å²) in [5.74, 6) is -0.406. The van der Waals surface area contributed by atoms with Crippen LogP contribution in [0.3, 0.4) is 0 Å². The van der Waals surface area contributed by atoms with Gasteiger partial charge in [0.25, 0.3) is 5.70 Å². The van der Waals surface area contributed by atoms with Crippen LogP contribution in [0.15, 0.2) is 36.1 Å². The van der Waals surface area contributed by atoms with E-state index in [9.17, 15) is 35.1 Å². The molecule has 0 rings (SSSR count). The number of rotatable bonds is 16. The minimum atomic E-state index is -1.14. The zero-order chi connectivity index (χ0) is 22.9. The van der Waals surface area contributed by atoms with Gasteiger partial charge in [-0.2, -0.15) is 0 Å². The van der Waals surface area contributed by atoms with Crippen LogP contribution in [0.5, 0.6) is 0 Å². The molecular weight excluding hydrogens is 398 g/mol. The standard InChI is InChI=1S/C19H29N3O8/c1-3-4-5-9-16(20(24)25)11-8-12-18(22(28)29)15-14-17(21(26)27)10-6-7-13-19(23)30-2/h8,11-12,14-17H,3-7,9-10,13H2,1-2H3/b11-8+,15-14+,18-12+. The van der Waals surface area contributed by atoms with Crippen LogP contribution in [0, 0.1) is 30.3 Å². The first-order valence-corrected chi connectivity index (χ1v) is 9.77. The molecule has 2 atom stereocenters. The summed E-state index contributed by atoms with van der Waals surface area (Å²) in [5.41, 5.74) is -0.414. The van der Waals surface area contributed by atoms with Gasteiger partial charge in [-0.3, -0.25) is 35.1 Å². The predicted octanol–water partition coefficient (Wildman–Crippen LogP) is 3.86. The largest absolute Gasteiger partial charge is 0.469 e. The lowest BCUT2D eigenvalue weighted by Crippen LogP contribution is -2.17. The van der Waals surface area contributed by atoms with Gasteiger partial charge in [-0.15, -0.1) is 0 Å². The zero-order valence-electron chi connectivity index (χ0n) is 17.3. The molecule has 0 heterocycles. The van der Waals surface area contributed by atoms with Crippen molar-refractivity contribution in [3.05, 3.63) is 66.4 Å².